The third-order valence-corrected chi connectivity index (χ3v) is 7.31. The maximum atomic E-state index is 12.6. The number of rotatable bonds is 9. The highest BCUT2D eigenvalue weighted by atomic mass is 32.2. The molecule has 1 unspecified atom stereocenters. The van der Waals surface area contributed by atoms with Gasteiger partial charge in [0.05, 0.1) is 18.0 Å². The topological polar surface area (TPSA) is 94.0 Å². The van der Waals surface area contributed by atoms with Gasteiger partial charge in [0.2, 0.25) is 10.0 Å². The fourth-order valence-electron chi connectivity index (χ4n) is 3.59. The smallest absolute Gasteiger partial charge is 0.243 e. The van der Waals surface area contributed by atoms with Crippen LogP contribution in [-0.4, -0.2) is 56.6 Å². The Labute approximate surface area is 185 Å². The molecule has 2 aromatic carbocycles. The van der Waals surface area contributed by atoms with Crippen LogP contribution in [-0.2, 0) is 16.6 Å². The molecule has 1 heterocycles. The third-order valence-electron chi connectivity index (χ3n) is 5.40. The zero-order chi connectivity index (χ0) is 22.1. The van der Waals surface area contributed by atoms with Crippen LogP contribution in [0.3, 0.4) is 0 Å². The molecule has 0 aromatic heterocycles. The second kappa shape index (κ2) is 11.3. The maximum absolute atomic E-state index is 12.6. The van der Waals surface area contributed by atoms with Gasteiger partial charge in [-0.1, -0.05) is 42.5 Å². The van der Waals surface area contributed by atoms with Crippen molar-refractivity contribution in [3.8, 4) is 0 Å². The molecular formula is C23H32N4O3S. The summed E-state index contributed by atoms with van der Waals surface area (Å²) in [5.74, 6) is 0.630. The lowest BCUT2D eigenvalue weighted by Gasteiger charge is -2.18. The highest BCUT2D eigenvalue weighted by molar-refractivity contribution is 7.89. The van der Waals surface area contributed by atoms with E-state index in [0.29, 0.717) is 43.6 Å². The molecule has 0 aliphatic carbocycles. The van der Waals surface area contributed by atoms with Crippen LogP contribution in [0.5, 0.6) is 0 Å². The molecule has 1 fully saturated rings. The highest BCUT2D eigenvalue weighted by Crippen LogP contribution is 2.21. The number of aliphatic hydroxyl groups is 1. The Hall–Kier alpha value is -2.42. The molecule has 31 heavy (non-hydrogen) atoms. The molecule has 1 atom stereocenters. The highest BCUT2D eigenvalue weighted by Gasteiger charge is 2.26. The normalized spacial score (nSPS) is 16.3. The first-order chi connectivity index (χ1) is 15.0. The second-order valence-corrected chi connectivity index (χ2v) is 9.56. The van der Waals surface area contributed by atoms with Crippen molar-refractivity contribution in [2.45, 2.75) is 37.1 Å². The monoisotopic (exact) mass is 444 g/mol. The Morgan fingerprint density at radius 3 is 2.35 bits per heavy atom. The molecule has 0 bridgehead atoms. The van der Waals surface area contributed by atoms with Crippen LogP contribution in [0.1, 0.15) is 36.8 Å². The minimum atomic E-state index is -3.39. The molecule has 0 spiro atoms. The van der Waals surface area contributed by atoms with E-state index in [2.05, 4.69) is 15.6 Å². The van der Waals surface area contributed by atoms with E-state index >= 15 is 0 Å². The summed E-state index contributed by atoms with van der Waals surface area (Å²) in [4.78, 5) is 4.94. The van der Waals surface area contributed by atoms with Gasteiger partial charge in [-0.3, -0.25) is 0 Å². The molecule has 1 aliphatic rings. The van der Waals surface area contributed by atoms with Gasteiger partial charge in [0.25, 0.3) is 0 Å². The molecule has 7 nitrogen and oxygen atoms in total. The summed E-state index contributed by atoms with van der Waals surface area (Å²) in [7, 11) is -3.39. The predicted molar refractivity (Wildman–Crippen MR) is 124 cm³/mol. The molecule has 1 aliphatic heterocycles. The molecule has 3 N–H and O–H groups in total. The number of nitrogens with one attached hydrogen (secondary N) is 2. The molecule has 0 amide bonds. The average molecular weight is 445 g/mol. The number of hydrogen-bond acceptors (Lipinski definition) is 4. The van der Waals surface area contributed by atoms with E-state index < -0.39 is 10.0 Å². The predicted octanol–water partition coefficient (Wildman–Crippen LogP) is 2.30. The first-order valence-electron chi connectivity index (χ1n) is 10.8. The van der Waals surface area contributed by atoms with Crippen LogP contribution in [0.2, 0.25) is 0 Å². The van der Waals surface area contributed by atoms with Crippen LogP contribution >= 0.6 is 0 Å². The lowest BCUT2D eigenvalue weighted by Crippen LogP contribution is -2.39. The van der Waals surface area contributed by atoms with E-state index in [4.69, 9.17) is 0 Å². The van der Waals surface area contributed by atoms with Gasteiger partial charge < -0.3 is 15.7 Å². The van der Waals surface area contributed by atoms with Crippen molar-refractivity contribution in [1.82, 2.24) is 14.9 Å². The van der Waals surface area contributed by atoms with Gasteiger partial charge in [-0.05, 0) is 43.0 Å². The number of sulfonamides is 1. The lowest BCUT2D eigenvalue weighted by molar-refractivity contribution is 0.265. The van der Waals surface area contributed by atoms with Crippen LogP contribution in [0.25, 0.3) is 0 Å². The Morgan fingerprint density at radius 1 is 1.06 bits per heavy atom. The average Bonchev–Trinajstić information content (AvgIpc) is 3.35. The van der Waals surface area contributed by atoms with Crippen LogP contribution in [0, 0.1) is 0 Å². The summed E-state index contributed by atoms with van der Waals surface area (Å²) >= 11 is 0. The van der Waals surface area contributed by atoms with Gasteiger partial charge in [-0.2, -0.15) is 4.31 Å². The summed E-state index contributed by atoms with van der Waals surface area (Å²) < 4.78 is 26.9. The van der Waals surface area contributed by atoms with Crippen molar-refractivity contribution in [2.75, 3.05) is 32.8 Å². The summed E-state index contributed by atoms with van der Waals surface area (Å²) in [5, 5.41) is 16.2. The molecule has 0 radical (unpaired) electrons. The van der Waals surface area contributed by atoms with Crippen LogP contribution in [0.15, 0.2) is 64.5 Å². The van der Waals surface area contributed by atoms with Gasteiger partial charge in [0.15, 0.2) is 5.96 Å². The fraction of sp³-hybridized carbons (Fsp3) is 0.435. The van der Waals surface area contributed by atoms with E-state index in [1.165, 1.54) is 0 Å². The summed E-state index contributed by atoms with van der Waals surface area (Å²) in [6.07, 6.45) is 1.85. The number of aliphatic imine (C=N–C) groups is 1. The Morgan fingerprint density at radius 2 is 1.74 bits per heavy atom. The van der Waals surface area contributed by atoms with Crippen molar-refractivity contribution in [2.24, 2.45) is 4.99 Å². The maximum Gasteiger partial charge on any atom is 0.243 e. The van der Waals surface area contributed by atoms with Gasteiger partial charge in [0, 0.05) is 32.1 Å². The third kappa shape index (κ3) is 6.29. The van der Waals surface area contributed by atoms with E-state index in [1.54, 1.807) is 16.4 Å². The van der Waals surface area contributed by atoms with Crippen molar-refractivity contribution in [1.29, 1.82) is 0 Å². The standard InChI is InChI=1S/C23H32N4O3S/c1-2-24-23(26-17-21(18-28)20-8-4-3-5-9-20)25-16-19-10-12-22(13-11-19)31(29,30)27-14-6-7-15-27/h3-5,8-13,21,28H,2,6-7,14-18H2,1H3,(H2,24,25,26). The number of nitrogens with zero attached hydrogens (tertiary/aromatic N) is 2. The quantitative estimate of drug-likeness (QED) is 0.408. The molecular weight excluding hydrogens is 412 g/mol. The number of guanidine groups is 1. The first-order valence-corrected chi connectivity index (χ1v) is 12.3. The Kier molecular flexibility index (Phi) is 8.45. The van der Waals surface area contributed by atoms with Crippen LogP contribution < -0.4 is 10.6 Å². The molecule has 0 saturated carbocycles. The van der Waals surface area contributed by atoms with E-state index in [0.717, 1.165) is 24.0 Å². The number of benzene rings is 2. The molecule has 1 saturated heterocycles. The minimum Gasteiger partial charge on any atom is -0.396 e. The van der Waals surface area contributed by atoms with Gasteiger partial charge in [0.1, 0.15) is 0 Å². The minimum absolute atomic E-state index is 0.0277. The Bertz CT molecular complexity index is 941. The number of aliphatic hydroxyl groups excluding tert-OH is 1. The van der Waals surface area contributed by atoms with E-state index in [9.17, 15) is 13.5 Å². The van der Waals surface area contributed by atoms with E-state index in [-0.39, 0.29) is 12.5 Å². The van der Waals surface area contributed by atoms with Crippen LogP contribution in [0.4, 0.5) is 0 Å². The summed E-state index contributed by atoms with van der Waals surface area (Å²) in [6, 6.07) is 16.8. The second-order valence-electron chi connectivity index (χ2n) is 7.62. The largest absolute Gasteiger partial charge is 0.396 e. The zero-order valence-corrected chi connectivity index (χ0v) is 18.8. The van der Waals surface area contributed by atoms with Crippen molar-refractivity contribution < 1.29 is 13.5 Å². The van der Waals surface area contributed by atoms with Crippen molar-refractivity contribution >= 4 is 16.0 Å². The summed E-state index contributed by atoms with van der Waals surface area (Å²) in [6.45, 7) is 4.94. The van der Waals surface area contributed by atoms with Crippen molar-refractivity contribution in [3.05, 3.63) is 65.7 Å². The van der Waals surface area contributed by atoms with E-state index in [1.807, 2.05) is 49.4 Å². The molecule has 8 heteroatoms. The molecule has 168 valence electrons. The molecule has 2 aromatic rings. The van der Waals surface area contributed by atoms with Gasteiger partial charge >= 0.3 is 0 Å². The summed E-state index contributed by atoms with van der Waals surface area (Å²) in [5.41, 5.74) is 2.00. The first kappa shape index (κ1) is 23.2. The van der Waals surface area contributed by atoms with Gasteiger partial charge in [-0.25, -0.2) is 13.4 Å². The van der Waals surface area contributed by atoms with Gasteiger partial charge in [-0.15, -0.1) is 0 Å². The molecule has 3 rings (SSSR count). The zero-order valence-electron chi connectivity index (χ0n) is 18.0. The number of hydrogen-bond donors (Lipinski definition) is 3. The SMILES string of the molecule is CCNC(=NCc1ccc(S(=O)(=O)N2CCCC2)cc1)NCC(CO)c1ccccc1. The fourth-order valence-corrected chi connectivity index (χ4v) is 5.11. The van der Waals surface area contributed by atoms with Crippen molar-refractivity contribution in [3.63, 3.8) is 0 Å². The Balaban J connectivity index is 1.62. The lowest BCUT2D eigenvalue weighted by atomic mass is 10.0.